The van der Waals surface area contributed by atoms with E-state index < -0.39 is 0 Å². The van der Waals surface area contributed by atoms with Crippen molar-refractivity contribution in [3.63, 3.8) is 0 Å². The molecule has 0 heterocycles. The second kappa shape index (κ2) is 6.64. The number of hydrogen-bond acceptors (Lipinski definition) is 2. The summed E-state index contributed by atoms with van der Waals surface area (Å²) >= 11 is 3.46. The van der Waals surface area contributed by atoms with Crippen LogP contribution < -0.4 is 10.5 Å². The molecular weight excluding hydrogens is 254 g/mol. The number of benzene rings is 1. The van der Waals surface area contributed by atoms with Crippen molar-refractivity contribution in [1.29, 1.82) is 0 Å². The van der Waals surface area contributed by atoms with Gasteiger partial charge in [0.05, 0.1) is 11.1 Å². The van der Waals surface area contributed by atoms with Crippen molar-refractivity contribution in [2.75, 3.05) is 6.61 Å². The van der Waals surface area contributed by atoms with Crippen molar-refractivity contribution >= 4 is 15.9 Å². The van der Waals surface area contributed by atoms with Crippen LogP contribution in [0.25, 0.3) is 0 Å². The van der Waals surface area contributed by atoms with Gasteiger partial charge in [-0.3, -0.25) is 0 Å². The highest BCUT2D eigenvalue weighted by Crippen LogP contribution is 2.26. The van der Waals surface area contributed by atoms with Gasteiger partial charge >= 0.3 is 0 Å². The Morgan fingerprint density at radius 1 is 1.47 bits per heavy atom. The van der Waals surface area contributed by atoms with Crippen LogP contribution in [-0.4, -0.2) is 6.61 Å². The van der Waals surface area contributed by atoms with E-state index in [1.54, 1.807) is 0 Å². The molecule has 2 N–H and O–H groups in total. The van der Waals surface area contributed by atoms with Crippen molar-refractivity contribution in [2.24, 2.45) is 5.73 Å². The van der Waals surface area contributed by atoms with Crippen LogP contribution in [0.5, 0.6) is 5.75 Å². The molecule has 1 aromatic carbocycles. The van der Waals surface area contributed by atoms with E-state index in [1.165, 1.54) is 0 Å². The summed E-state index contributed by atoms with van der Waals surface area (Å²) in [5, 5.41) is 0. The molecule has 0 fully saturated rings. The van der Waals surface area contributed by atoms with Gasteiger partial charge in [-0.1, -0.05) is 12.1 Å². The average molecular weight is 270 g/mol. The van der Waals surface area contributed by atoms with E-state index in [1.807, 2.05) is 24.3 Å². The zero-order valence-corrected chi connectivity index (χ0v) is 10.3. The van der Waals surface area contributed by atoms with Crippen LogP contribution in [0.2, 0.25) is 0 Å². The number of hydrogen-bond donors (Lipinski definition) is 1. The third kappa shape index (κ3) is 4.06. The van der Waals surface area contributed by atoms with E-state index in [4.69, 9.17) is 10.5 Å². The molecule has 0 spiro atoms. The quantitative estimate of drug-likeness (QED) is 0.636. The van der Waals surface area contributed by atoms with Gasteiger partial charge < -0.3 is 10.5 Å². The minimum atomic E-state index is 0.551. The maximum absolute atomic E-state index is 5.60. The number of nitrogens with two attached hydrogens (primary N) is 1. The summed E-state index contributed by atoms with van der Waals surface area (Å²) in [6.07, 6.45) is 3.88. The molecule has 82 valence electrons. The molecule has 0 amide bonds. The van der Waals surface area contributed by atoms with Crippen LogP contribution in [0, 0.1) is 0 Å². The Hall–Kier alpha value is -0.800. The zero-order chi connectivity index (χ0) is 11.1. The maximum Gasteiger partial charge on any atom is 0.133 e. The van der Waals surface area contributed by atoms with E-state index in [0.717, 1.165) is 28.6 Å². The molecule has 15 heavy (non-hydrogen) atoms. The highest BCUT2D eigenvalue weighted by atomic mass is 79.9. The van der Waals surface area contributed by atoms with Crippen molar-refractivity contribution < 1.29 is 4.74 Å². The van der Waals surface area contributed by atoms with Crippen LogP contribution in [0.15, 0.2) is 35.3 Å². The van der Waals surface area contributed by atoms with Gasteiger partial charge in [0.25, 0.3) is 0 Å². The molecule has 2 nitrogen and oxygen atoms in total. The fourth-order valence-corrected chi connectivity index (χ4v) is 1.74. The van der Waals surface area contributed by atoms with E-state index in [0.29, 0.717) is 13.2 Å². The van der Waals surface area contributed by atoms with Gasteiger partial charge in [0.1, 0.15) is 5.75 Å². The van der Waals surface area contributed by atoms with Gasteiger partial charge in [0.2, 0.25) is 0 Å². The molecule has 1 rings (SSSR count). The molecule has 0 aliphatic heterocycles. The lowest BCUT2D eigenvalue weighted by molar-refractivity contribution is 0.310. The summed E-state index contributed by atoms with van der Waals surface area (Å²) in [7, 11) is 0. The second-order valence-electron chi connectivity index (χ2n) is 3.25. The molecule has 0 atom stereocenters. The first-order valence-electron chi connectivity index (χ1n) is 5.00. The smallest absolute Gasteiger partial charge is 0.133 e. The molecule has 0 saturated heterocycles. The lowest BCUT2D eigenvalue weighted by Gasteiger charge is -2.08. The number of unbranched alkanes of at least 4 members (excludes halogenated alkanes) is 1. The van der Waals surface area contributed by atoms with Crippen LogP contribution in [0.3, 0.4) is 0 Å². The van der Waals surface area contributed by atoms with Gasteiger partial charge in [-0.2, -0.15) is 0 Å². The van der Waals surface area contributed by atoms with Gasteiger partial charge in [0, 0.05) is 6.54 Å². The van der Waals surface area contributed by atoms with Crippen molar-refractivity contribution in [3.8, 4) is 5.75 Å². The summed E-state index contributed by atoms with van der Waals surface area (Å²) in [6, 6.07) is 5.91. The van der Waals surface area contributed by atoms with Crippen LogP contribution in [-0.2, 0) is 6.54 Å². The molecule has 0 aliphatic rings. The minimum absolute atomic E-state index is 0.551. The predicted octanol–water partition coefficient (Wildman–Crippen LogP) is 3.25. The van der Waals surface area contributed by atoms with Gasteiger partial charge in [-0.05, 0) is 46.5 Å². The third-order valence-corrected chi connectivity index (χ3v) is 2.66. The lowest BCUT2D eigenvalue weighted by Crippen LogP contribution is -1.99. The van der Waals surface area contributed by atoms with Gasteiger partial charge in [0.15, 0.2) is 0 Å². The Balaban J connectivity index is 2.50. The summed E-state index contributed by atoms with van der Waals surface area (Å²) in [4.78, 5) is 0. The average Bonchev–Trinajstić information content (AvgIpc) is 2.26. The molecule has 0 bridgehead atoms. The maximum atomic E-state index is 5.60. The zero-order valence-electron chi connectivity index (χ0n) is 8.71. The highest BCUT2D eigenvalue weighted by Gasteiger charge is 2.01. The molecular formula is C12H16BrNO. The monoisotopic (exact) mass is 269 g/mol. The van der Waals surface area contributed by atoms with Crippen molar-refractivity contribution in [3.05, 3.63) is 40.9 Å². The Morgan fingerprint density at radius 2 is 2.27 bits per heavy atom. The topological polar surface area (TPSA) is 35.2 Å². The van der Waals surface area contributed by atoms with E-state index in [9.17, 15) is 0 Å². The number of halogens is 1. The summed E-state index contributed by atoms with van der Waals surface area (Å²) in [6.45, 7) is 4.93. The third-order valence-electron chi connectivity index (χ3n) is 2.04. The first kappa shape index (κ1) is 12.3. The predicted molar refractivity (Wildman–Crippen MR) is 67.0 cm³/mol. The first-order valence-corrected chi connectivity index (χ1v) is 5.79. The molecule has 0 saturated carbocycles. The Kier molecular flexibility index (Phi) is 5.43. The molecule has 0 unspecified atom stereocenters. The summed E-state index contributed by atoms with van der Waals surface area (Å²) in [5.41, 5.74) is 6.63. The summed E-state index contributed by atoms with van der Waals surface area (Å²) in [5.74, 6) is 0.872. The van der Waals surface area contributed by atoms with E-state index in [2.05, 4.69) is 22.5 Å². The standard InChI is InChI=1S/C12H16BrNO/c1-2-3-4-7-15-12-6-5-10(9-14)8-11(12)13/h2,5-6,8H,1,3-4,7,9,14H2. The Morgan fingerprint density at radius 3 is 2.87 bits per heavy atom. The highest BCUT2D eigenvalue weighted by molar-refractivity contribution is 9.10. The second-order valence-corrected chi connectivity index (χ2v) is 4.10. The number of ether oxygens (including phenoxy) is 1. The van der Waals surface area contributed by atoms with Crippen molar-refractivity contribution in [1.82, 2.24) is 0 Å². The van der Waals surface area contributed by atoms with Crippen molar-refractivity contribution in [2.45, 2.75) is 19.4 Å². The van der Waals surface area contributed by atoms with Gasteiger partial charge in [-0.15, -0.1) is 6.58 Å². The largest absolute Gasteiger partial charge is 0.492 e. The SMILES string of the molecule is C=CCCCOc1ccc(CN)cc1Br. The minimum Gasteiger partial charge on any atom is -0.492 e. The van der Waals surface area contributed by atoms with Gasteiger partial charge in [-0.25, -0.2) is 0 Å². The Bertz CT molecular complexity index is 325. The lowest BCUT2D eigenvalue weighted by atomic mass is 10.2. The Labute approximate surface area is 99.3 Å². The molecule has 0 radical (unpaired) electrons. The van der Waals surface area contributed by atoms with Crippen LogP contribution in [0.1, 0.15) is 18.4 Å². The fraction of sp³-hybridized carbons (Fsp3) is 0.333. The number of rotatable bonds is 6. The van der Waals surface area contributed by atoms with E-state index >= 15 is 0 Å². The molecule has 1 aromatic rings. The molecule has 0 aliphatic carbocycles. The first-order chi connectivity index (χ1) is 7.27. The van der Waals surface area contributed by atoms with E-state index in [-0.39, 0.29) is 0 Å². The number of allylic oxidation sites excluding steroid dienone is 1. The molecule has 0 aromatic heterocycles. The van der Waals surface area contributed by atoms with Crippen LogP contribution in [0.4, 0.5) is 0 Å². The van der Waals surface area contributed by atoms with Crippen LogP contribution >= 0.6 is 15.9 Å². The molecule has 3 heteroatoms. The fourth-order valence-electron chi connectivity index (χ4n) is 1.20. The normalized spacial score (nSPS) is 10.0. The summed E-state index contributed by atoms with van der Waals surface area (Å²) < 4.78 is 6.56.